The maximum atomic E-state index is 12.3. The van der Waals surface area contributed by atoms with E-state index < -0.39 is 0 Å². The molecule has 0 spiro atoms. The number of hydrogen-bond donors (Lipinski definition) is 1. The molecular weight excluding hydrogens is 252 g/mol. The molecular formula is C16H24N2O2. The van der Waals surface area contributed by atoms with Gasteiger partial charge in [-0.25, -0.2) is 4.79 Å². The summed E-state index contributed by atoms with van der Waals surface area (Å²) in [4.78, 5) is 14.0. The molecule has 0 saturated heterocycles. The fourth-order valence-electron chi connectivity index (χ4n) is 2.67. The molecule has 1 N–H and O–H groups in total. The van der Waals surface area contributed by atoms with Crippen LogP contribution in [0.15, 0.2) is 24.3 Å². The van der Waals surface area contributed by atoms with Crippen molar-refractivity contribution in [2.24, 2.45) is 0 Å². The number of nitrogens with one attached hydrogen (secondary N) is 1. The van der Waals surface area contributed by atoms with E-state index >= 15 is 0 Å². The maximum Gasteiger partial charge on any atom is 0.414 e. The number of hydrogen-bond acceptors (Lipinski definition) is 3. The van der Waals surface area contributed by atoms with E-state index in [9.17, 15) is 4.79 Å². The van der Waals surface area contributed by atoms with E-state index in [0.717, 1.165) is 25.1 Å². The van der Waals surface area contributed by atoms with Gasteiger partial charge in [0.15, 0.2) is 0 Å². The first kappa shape index (κ1) is 14.9. The van der Waals surface area contributed by atoms with Crippen molar-refractivity contribution in [2.75, 3.05) is 18.0 Å². The minimum absolute atomic E-state index is 0.0949. The monoisotopic (exact) mass is 276 g/mol. The van der Waals surface area contributed by atoms with Crippen LogP contribution >= 0.6 is 0 Å². The van der Waals surface area contributed by atoms with Crippen LogP contribution in [-0.4, -0.2) is 25.3 Å². The Labute approximate surface area is 121 Å². The fourth-order valence-corrected chi connectivity index (χ4v) is 2.67. The Hall–Kier alpha value is -1.55. The molecule has 0 fully saturated rings. The SMILES string of the molecule is CCNC1CCCN(C(=O)OC(C)C)c2ccccc21. The third-order valence-corrected chi connectivity index (χ3v) is 3.48. The molecule has 2 rings (SSSR count). The lowest BCUT2D eigenvalue weighted by Gasteiger charge is -2.24. The standard InChI is InChI=1S/C16H24N2O2/c1-4-17-14-9-7-11-18(16(19)20-12(2)3)15-10-6-5-8-13(14)15/h5-6,8,10,12,14,17H,4,7,9,11H2,1-3H3. The van der Waals surface area contributed by atoms with Gasteiger partial charge in [0.25, 0.3) is 0 Å². The molecule has 1 unspecified atom stereocenters. The molecule has 1 aliphatic heterocycles. The fraction of sp³-hybridized carbons (Fsp3) is 0.562. The highest BCUT2D eigenvalue weighted by atomic mass is 16.6. The van der Waals surface area contributed by atoms with Gasteiger partial charge in [0.2, 0.25) is 0 Å². The summed E-state index contributed by atoms with van der Waals surface area (Å²) in [5, 5.41) is 3.50. The summed E-state index contributed by atoms with van der Waals surface area (Å²) < 4.78 is 5.36. The number of rotatable bonds is 3. The summed E-state index contributed by atoms with van der Waals surface area (Å²) >= 11 is 0. The lowest BCUT2D eigenvalue weighted by Crippen LogP contribution is -2.34. The number of carbonyl (C=O) groups excluding carboxylic acids is 1. The molecule has 0 radical (unpaired) electrons. The Morgan fingerprint density at radius 2 is 2.20 bits per heavy atom. The van der Waals surface area contributed by atoms with Crippen molar-refractivity contribution in [2.45, 2.75) is 45.8 Å². The van der Waals surface area contributed by atoms with Gasteiger partial charge in [-0.05, 0) is 44.9 Å². The molecule has 1 amide bonds. The van der Waals surface area contributed by atoms with Crippen molar-refractivity contribution in [1.82, 2.24) is 5.32 Å². The van der Waals surface area contributed by atoms with Crippen LogP contribution in [0.1, 0.15) is 45.2 Å². The Balaban J connectivity index is 2.30. The largest absolute Gasteiger partial charge is 0.446 e. The van der Waals surface area contributed by atoms with Crippen LogP contribution in [0.2, 0.25) is 0 Å². The van der Waals surface area contributed by atoms with Crippen LogP contribution < -0.4 is 10.2 Å². The number of anilines is 1. The summed E-state index contributed by atoms with van der Waals surface area (Å²) in [6.07, 6.45) is 1.67. The second-order valence-electron chi connectivity index (χ2n) is 5.40. The average Bonchev–Trinajstić information content (AvgIpc) is 2.59. The van der Waals surface area contributed by atoms with Gasteiger partial charge >= 0.3 is 6.09 Å². The first-order valence-electron chi connectivity index (χ1n) is 7.44. The molecule has 0 saturated carbocycles. The molecule has 20 heavy (non-hydrogen) atoms. The minimum atomic E-state index is -0.246. The molecule has 0 aliphatic carbocycles. The second kappa shape index (κ2) is 6.75. The zero-order valence-electron chi connectivity index (χ0n) is 12.6. The Morgan fingerprint density at radius 1 is 1.45 bits per heavy atom. The number of fused-ring (bicyclic) bond motifs is 1. The first-order chi connectivity index (χ1) is 9.63. The summed E-state index contributed by atoms with van der Waals surface area (Å²) in [5.74, 6) is 0. The first-order valence-corrected chi connectivity index (χ1v) is 7.44. The smallest absolute Gasteiger partial charge is 0.414 e. The van der Waals surface area contributed by atoms with Crippen molar-refractivity contribution < 1.29 is 9.53 Å². The third-order valence-electron chi connectivity index (χ3n) is 3.48. The van der Waals surface area contributed by atoms with E-state index in [1.54, 1.807) is 4.90 Å². The van der Waals surface area contributed by atoms with Gasteiger partial charge < -0.3 is 10.1 Å². The predicted octanol–water partition coefficient (Wildman–Crippen LogP) is 3.48. The van der Waals surface area contributed by atoms with Crippen molar-refractivity contribution in [3.05, 3.63) is 29.8 Å². The third kappa shape index (κ3) is 3.31. The lowest BCUT2D eigenvalue weighted by molar-refractivity contribution is 0.122. The van der Waals surface area contributed by atoms with Gasteiger partial charge in [-0.15, -0.1) is 0 Å². The topological polar surface area (TPSA) is 41.6 Å². The number of para-hydroxylation sites is 1. The van der Waals surface area contributed by atoms with Crippen molar-refractivity contribution in [3.8, 4) is 0 Å². The van der Waals surface area contributed by atoms with Gasteiger partial charge in [0.1, 0.15) is 0 Å². The molecule has 1 aliphatic rings. The summed E-state index contributed by atoms with van der Waals surface area (Å²) in [7, 11) is 0. The van der Waals surface area contributed by atoms with Crippen LogP contribution in [0, 0.1) is 0 Å². The van der Waals surface area contributed by atoms with Gasteiger partial charge in [-0.3, -0.25) is 4.90 Å². The Morgan fingerprint density at radius 3 is 2.90 bits per heavy atom. The van der Waals surface area contributed by atoms with Crippen LogP contribution in [0.4, 0.5) is 10.5 Å². The number of amides is 1. The molecule has 1 aromatic rings. The highest BCUT2D eigenvalue weighted by Gasteiger charge is 2.26. The lowest BCUT2D eigenvalue weighted by atomic mass is 10.0. The van der Waals surface area contributed by atoms with Crippen molar-refractivity contribution in [3.63, 3.8) is 0 Å². The molecule has 110 valence electrons. The molecule has 0 bridgehead atoms. The van der Waals surface area contributed by atoms with Crippen LogP contribution in [0.3, 0.4) is 0 Å². The number of ether oxygens (including phenoxy) is 1. The van der Waals surface area contributed by atoms with E-state index in [0.29, 0.717) is 12.6 Å². The summed E-state index contributed by atoms with van der Waals surface area (Å²) in [6.45, 7) is 7.50. The minimum Gasteiger partial charge on any atom is -0.446 e. The van der Waals surface area contributed by atoms with Crippen LogP contribution in [0.25, 0.3) is 0 Å². The average molecular weight is 276 g/mol. The summed E-state index contributed by atoms with van der Waals surface area (Å²) in [6, 6.07) is 8.42. The van der Waals surface area contributed by atoms with Gasteiger partial charge in [0.05, 0.1) is 11.8 Å². The zero-order chi connectivity index (χ0) is 14.5. The second-order valence-corrected chi connectivity index (χ2v) is 5.40. The highest BCUT2D eigenvalue weighted by Crippen LogP contribution is 2.33. The van der Waals surface area contributed by atoms with Gasteiger partial charge in [0, 0.05) is 12.6 Å². The zero-order valence-corrected chi connectivity index (χ0v) is 12.6. The normalized spacial score (nSPS) is 18.6. The van der Waals surface area contributed by atoms with E-state index in [4.69, 9.17) is 4.74 Å². The number of nitrogens with zero attached hydrogens (tertiary/aromatic N) is 1. The molecule has 4 nitrogen and oxygen atoms in total. The number of benzene rings is 1. The molecule has 4 heteroatoms. The molecule has 1 heterocycles. The summed E-state index contributed by atoms with van der Waals surface area (Å²) in [5.41, 5.74) is 2.16. The predicted molar refractivity (Wildman–Crippen MR) is 81.1 cm³/mol. The van der Waals surface area contributed by atoms with E-state index in [2.05, 4.69) is 18.3 Å². The molecule has 0 aromatic heterocycles. The Bertz CT molecular complexity index is 460. The van der Waals surface area contributed by atoms with E-state index in [1.807, 2.05) is 32.0 Å². The van der Waals surface area contributed by atoms with Crippen LogP contribution in [0.5, 0.6) is 0 Å². The van der Waals surface area contributed by atoms with Crippen molar-refractivity contribution >= 4 is 11.8 Å². The highest BCUT2D eigenvalue weighted by molar-refractivity contribution is 5.89. The molecule has 1 atom stereocenters. The van der Waals surface area contributed by atoms with Gasteiger partial charge in [-0.1, -0.05) is 25.1 Å². The molecule has 1 aromatic carbocycles. The Kier molecular flexibility index (Phi) is 5.01. The maximum absolute atomic E-state index is 12.3. The number of carbonyl (C=O) groups is 1. The van der Waals surface area contributed by atoms with E-state index in [-0.39, 0.29) is 12.2 Å². The quantitative estimate of drug-likeness (QED) is 0.919. The van der Waals surface area contributed by atoms with Gasteiger partial charge in [-0.2, -0.15) is 0 Å². The van der Waals surface area contributed by atoms with Crippen LogP contribution in [-0.2, 0) is 4.74 Å². The van der Waals surface area contributed by atoms with E-state index in [1.165, 1.54) is 5.56 Å². The van der Waals surface area contributed by atoms with Crippen molar-refractivity contribution in [1.29, 1.82) is 0 Å².